The number of carboxylic acid groups (broad SMARTS) is 1. The van der Waals surface area contributed by atoms with E-state index in [0.29, 0.717) is 5.69 Å². The van der Waals surface area contributed by atoms with Crippen LogP contribution < -0.4 is 0 Å². The lowest BCUT2D eigenvalue weighted by atomic mass is 9.71. The highest BCUT2D eigenvalue weighted by Gasteiger charge is 2.33. The third-order valence-electron chi connectivity index (χ3n) is 4.92. The number of ether oxygens (including phenoxy) is 2. The number of fused-ring (bicyclic) bond motifs is 1. The monoisotopic (exact) mass is 368 g/mol. The van der Waals surface area contributed by atoms with Gasteiger partial charge < -0.3 is 14.6 Å². The molecule has 6 heteroatoms. The summed E-state index contributed by atoms with van der Waals surface area (Å²) in [6.07, 6.45) is 1.96. The molecular weight excluding hydrogens is 344 g/mol. The Labute approximate surface area is 158 Å². The first-order chi connectivity index (χ1) is 12.9. The smallest absolute Gasteiger partial charge is 0.335 e. The van der Waals surface area contributed by atoms with Gasteiger partial charge in [-0.1, -0.05) is 19.9 Å². The molecule has 142 valence electrons. The average Bonchev–Trinajstić information content (AvgIpc) is 2.66. The van der Waals surface area contributed by atoms with E-state index in [-0.39, 0.29) is 23.9 Å². The van der Waals surface area contributed by atoms with Crippen LogP contribution in [0.4, 0.5) is 11.4 Å². The van der Waals surface area contributed by atoms with Crippen LogP contribution in [0.15, 0.2) is 52.7 Å². The maximum absolute atomic E-state index is 10.9. The van der Waals surface area contributed by atoms with E-state index in [1.807, 2.05) is 12.1 Å². The standard InChI is InChI=1S/C21H24N2O4/c1-21(2)11-10-19(27-13-26-3)17-12-16(8-9-18(17)21)23-22-15-6-4-14(5-7-15)20(24)25/h4-9,12,19H,10-11,13H2,1-3H3,(H,24,25)/b23-22+. The zero-order valence-electron chi connectivity index (χ0n) is 15.8. The molecule has 0 spiro atoms. The van der Waals surface area contributed by atoms with E-state index in [1.54, 1.807) is 19.2 Å². The summed E-state index contributed by atoms with van der Waals surface area (Å²) in [4.78, 5) is 10.9. The van der Waals surface area contributed by atoms with Gasteiger partial charge in [-0.15, -0.1) is 0 Å². The van der Waals surface area contributed by atoms with Gasteiger partial charge in [-0.2, -0.15) is 10.2 Å². The maximum atomic E-state index is 10.9. The van der Waals surface area contributed by atoms with Crippen molar-refractivity contribution in [3.8, 4) is 0 Å². The van der Waals surface area contributed by atoms with Crippen molar-refractivity contribution >= 4 is 17.3 Å². The second-order valence-corrected chi connectivity index (χ2v) is 7.31. The van der Waals surface area contributed by atoms with Gasteiger partial charge >= 0.3 is 5.97 Å². The molecule has 0 amide bonds. The molecule has 0 fully saturated rings. The first-order valence-electron chi connectivity index (χ1n) is 8.91. The molecule has 1 aliphatic rings. The second-order valence-electron chi connectivity index (χ2n) is 7.31. The van der Waals surface area contributed by atoms with Crippen LogP contribution in [-0.4, -0.2) is 25.0 Å². The van der Waals surface area contributed by atoms with Crippen LogP contribution in [0.25, 0.3) is 0 Å². The SMILES string of the molecule is COCOC1CCC(C)(C)c2ccc(/N=N/c3ccc(C(=O)O)cc3)cc21. The van der Waals surface area contributed by atoms with E-state index in [9.17, 15) is 4.79 Å². The van der Waals surface area contributed by atoms with Crippen LogP contribution in [0, 0.1) is 0 Å². The number of methoxy groups -OCH3 is 1. The van der Waals surface area contributed by atoms with Gasteiger partial charge in [0.05, 0.1) is 23.0 Å². The van der Waals surface area contributed by atoms with Gasteiger partial charge in [0.2, 0.25) is 0 Å². The van der Waals surface area contributed by atoms with Crippen molar-refractivity contribution < 1.29 is 19.4 Å². The minimum atomic E-state index is -0.960. The second kappa shape index (κ2) is 7.98. The summed E-state index contributed by atoms with van der Waals surface area (Å²) in [5, 5.41) is 17.5. The number of carboxylic acids is 1. The Balaban J connectivity index is 1.85. The predicted octanol–water partition coefficient (Wildman–Crippen LogP) is 5.53. The topological polar surface area (TPSA) is 80.5 Å². The van der Waals surface area contributed by atoms with Crippen molar-refractivity contribution in [2.24, 2.45) is 10.2 Å². The number of hydrogen-bond donors (Lipinski definition) is 1. The van der Waals surface area contributed by atoms with Gasteiger partial charge in [0.15, 0.2) is 0 Å². The highest BCUT2D eigenvalue weighted by atomic mass is 16.7. The van der Waals surface area contributed by atoms with Crippen molar-refractivity contribution in [2.45, 2.75) is 38.2 Å². The summed E-state index contributed by atoms with van der Waals surface area (Å²) in [6, 6.07) is 12.4. The van der Waals surface area contributed by atoms with Gasteiger partial charge in [-0.25, -0.2) is 4.79 Å². The van der Waals surface area contributed by atoms with Gasteiger partial charge in [0, 0.05) is 7.11 Å². The van der Waals surface area contributed by atoms with E-state index in [2.05, 4.69) is 30.1 Å². The number of hydrogen-bond acceptors (Lipinski definition) is 5. The number of nitrogens with zero attached hydrogens (tertiary/aromatic N) is 2. The highest BCUT2D eigenvalue weighted by Crippen LogP contribution is 2.44. The van der Waals surface area contributed by atoms with E-state index >= 15 is 0 Å². The number of azo groups is 1. The fraction of sp³-hybridized carbons (Fsp3) is 0.381. The summed E-state index contributed by atoms with van der Waals surface area (Å²) >= 11 is 0. The minimum absolute atomic E-state index is 0.0158. The fourth-order valence-electron chi connectivity index (χ4n) is 3.39. The highest BCUT2D eigenvalue weighted by molar-refractivity contribution is 5.87. The molecule has 0 bridgehead atoms. The lowest BCUT2D eigenvalue weighted by molar-refractivity contribution is -0.0808. The molecule has 1 unspecified atom stereocenters. The number of rotatable bonds is 6. The zero-order chi connectivity index (χ0) is 19.4. The number of carbonyl (C=O) groups is 1. The Bertz CT molecular complexity index is 844. The van der Waals surface area contributed by atoms with Crippen LogP contribution in [0.3, 0.4) is 0 Å². The Morgan fingerprint density at radius 3 is 2.48 bits per heavy atom. The van der Waals surface area contributed by atoms with Crippen LogP contribution in [-0.2, 0) is 14.9 Å². The number of benzene rings is 2. The lowest BCUT2D eigenvalue weighted by Crippen LogP contribution is -2.27. The molecule has 0 aromatic heterocycles. The minimum Gasteiger partial charge on any atom is -0.478 e. The quantitative estimate of drug-likeness (QED) is 0.537. The average molecular weight is 368 g/mol. The molecule has 2 aromatic carbocycles. The van der Waals surface area contributed by atoms with Gasteiger partial charge in [-0.3, -0.25) is 0 Å². The van der Waals surface area contributed by atoms with Crippen molar-refractivity contribution in [1.82, 2.24) is 0 Å². The van der Waals surface area contributed by atoms with E-state index in [0.717, 1.165) is 24.1 Å². The molecule has 0 saturated heterocycles. The molecule has 0 aliphatic heterocycles. The fourth-order valence-corrected chi connectivity index (χ4v) is 3.39. The third kappa shape index (κ3) is 4.40. The Morgan fingerprint density at radius 1 is 1.15 bits per heavy atom. The summed E-state index contributed by atoms with van der Waals surface area (Å²) < 4.78 is 10.9. The van der Waals surface area contributed by atoms with Crippen molar-refractivity contribution in [3.63, 3.8) is 0 Å². The maximum Gasteiger partial charge on any atom is 0.335 e. The van der Waals surface area contributed by atoms with Crippen molar-refractivity contribution in [2.75, 3.05) is 13.9 Å². The van der Waals surface area contributed by atoms with Crippen molar-refractivity contribution in [3.05, 3.63) is 59.2 Å². The molecule has 0 radical (unpaired) electrons. The van der Waals surface area contributed by atoms with Gasteiger partial charge in [0.1, 0.15) is 6.79 Å². The molecule has 6 nitrogen and oxygen atoms in total. The molecule has 27 heavy (non-hydrogen) atoms. The van der Waals surface area contributed by atoms with Crippen LogP contribution >= 0.6 is 0 Å². The van der Waals surface area contributed by atoms with Crippen LogP contribution in [0.1, 0.15) is 54.3 Å². The summed E-state index contributed by atoms with van der Waals surface area (Å²) in [7, 11) is 1.62. The molecule has 0 heterocycles. The first kappa shape index (κ1) is 19.2. The van der Waals surface area contributed by atoms with Crippen molar-refractivity contribution in [1.29, 1.82) is 0 Å². The molecule has 1 atom stereocenters. The predicted molar refractivity (Wildman–Crippen MR) is 102 cm³/mol. The molecule has 2 aromatic rings. The van der Waals surface area contributed by atoms with E-state index in [4.69, 9.17) is 14.6 Å². The lowest BCUT2D eigenvalue weighted by Gasteiger charge is -2.37. The van der Waals surface area contributed by atoms with Gasteiger partial charge in [-0.05, 0) is 65.8 Å². The Hall–Kier alpha value is -2.57. The third-order valence-corrected chi connectivity index (χ3v) is 4.92. The summed E-state index contributed by atoms with van der Waals surface area (Å²) in [5.41, 5.74) is 4.04. The molecule has 0 saturated carbocycles. The zero-order valence-corrected chi connectivity index (χ0v) is 15.8. The molecular formula is C21H24N2O4. The van der Waals surface area contributed by atoms with Gasteiger partial charge in [0.25, 0.3) is 0 Å². The molecule has 1 aliphatic carbocycles. The van der Waals surface area contributed by atoms with E-state index in [1.165, 1.54) is 17.7 Å². The largest absolute Gasteiger partial charge is 0.478 e. The Kier molecular flexibility index (Phi) is 5.68. The summed E-state index contributed by atoms with van der Waals surface area (Å²) in [5.74, 6) is -0.960. The Morgan fingerprint density at radius 2 is 1.81 bits per heavy atom. The summed E-state index contributed by atoms with van der Waals surface area (Å²) in [6.45, 7) is 4.74. The normalized spacial score (nSPS) is 18.4. The number of aromatic carboxylic acids is 1. The molecule has 3 rings (SSSR count). The van der Waals surface area contributed by atoms with Crippen LogP contribution in [0.2, 0.25) is 0 Å². The van der Waals surface area contributed by atoms with Crippen LogP contribution in [0.5, 0.6) is 0 Å². The van der Waals surface area contributed by atoms with E-state index < -0.39 is 5.97 Å². The first-order valence-corrected chi connectivity index (χ1v) is 8.91. The molecule has 1 N–H and O–H groups in total.